The molecular weight excluding hydrogens is 385 g/mol. The summed E-state index contributed by atoms with van der Waals surface area (Å²) in [7, 11) is -0.134. The van der Waals surface area contributed by atoms with E-state index in [-0.39, 0.29) is 18.2 Å². The van der Waals surface area contributed by atoms with Crippen LogP contribution in [0.3, 0.4) is 0 Å². The number of amides is 2. The lowest BCUT2D eigenvalue weighted by molar-refractivity contribution is -0.122. The molecule has 0 aliphatic rings. The van der Waals surface area contributed by atoms with Crippen molar-refractivity contribution in [2.24, 2.45) is 5.92 Å². The van der Waals surface area contributed by atoms with Crippen molar-refractivity contribution in [1.82, 2.24) is 15.6 Å². The molecule has 1 aromatic heterocycles. The number of aromatic nitrogens is 1. The van der Waals surface area contributed by atoms with E-state index in [9.17, 15) is 19.6 Å². The summed E-state index contributed by atoms with van der Waals surface area (Å²) in [4.78, 5) is 29.3. The molecule has 0 saturated heterocycles. The zero-order chi connectivity index (χ0) is 22.1. The number of hydrogen-bond donors (Lipinski definition) is 4. The molecule has 8 nitrogen and oxygen atoms in total. The first-order valence-electron chi connectivity index (χ1n) is 9.80. The largest absolute Gasteiger partial charge is 0.497 e. The smallest absolute Gasteiger partial charge is 0.475 e. The Bertz CT molecular complexity index is 832. The van der Waals surface area contributed by atoms with Gasteiger partial charge in [-0.05, 0) is 42.2 Å². The zero-order valence-corrected chi connectivity index (χ0v) is 17.4. The lowest BCUT2D eigenvalue weighted by atomic mass is 9.75. The summed E-state index contributed by atoms with van der Waals surface area (Å²) in [6.45, 7) is 3.85. The van der Waals surface area contributed by atoms with E-state index in [0.717, 1.165) is 0 Å². The Morgan fingerprint density at radius 1 is 1.17 bits per heavy atom. The summed E-state index contributed by atoms with van der Waals surface area (Å²) in [6, 6.07) is 9.71. The van der Waals surface area contributed by atoms with Crippen LogP contribution in [-0.2, 0) is 4.79 Å². The van der Waals surface area contributed by atoms with Crippen molar-refractivity contribution in [1.29, 1.82) is 0 Å². The fraction of sp³-hybridized carbons (Fsp3) is 0.381. The van der Waals surface area contributed by atoms with Crippen LogP contribution in [0.25, 0.3) is 0 Å². The number of carbonyl (C=O) groups excluding carboxylic acids is 2. The number of carbonyl (C=O) groups is 2. The van der Waals surface area contributed by atoms with Gasteiger partial charge in [0.15, 0.2) is 0 Å². The highest BCUT2D eigenvalue weighted by Crippen LogP contribution is 2.22. The number of methoxy groups -OCH3 is 1. The number of rotatable bonds is 10. The Morgan fingerprint density at radius 2 is 1.93 bits per heavy atom. The minimum absolute atomic E-state index is 0.0829. The van der Waals surface area contributed by atoms with Crippen LogP contribution in [-0.4, -0.2) is 47.0 Å². The second-order valence-corrected chi connectivity index (χ2v) is 7.47. The van der Waals surface area contributed by atoms with Gasteiger partial charge in [0.05, 0.1) is 31.1 Å². The van der Waals surface area contributed by atoms with E-state index in [2.05, 4.69) is 15.6 Å². The molecule has 4 N–H and O–H groups in total. The van der Waals surface area contributed by atoms with Crippen molar-refractivity contribution in [2.75, 3.05) is 7.11 Å². The predicted molar refractivity (Wildman–Crippen MR) is 114 cm³/mol. The van der Waals surface area contributed by atoms with Gasteiger partial charge in [0.1, 0.15) is 5.75 Å². The number of benzene rings is 1. The third kappa shape index (κ3) is 7.16. The van der Waals surface area contributed by atoms with E-state index >= 15 is 0 Å². The molecule has 2 rings (SSSR count). The molecule has 2 unspecified atom stereocenters. The molecule has 0 spiro atoms. The van der Waals surface area contributed by atoms with E-state index in [1.807, 2.05) is 13.8 Å². The lowest BCUT2D eigenvalue weighted by Crippen LogP contribution is -2.48. The fourth-order valence-electron chi connectivity index (χ4n) is 3.06. The van der Waals surface area contributed by atoms with Gasteiger partial charge in [-0.2, -0.15) is 0 Å². The Kier molecular flexibility index (Phi) is 8.82. The van der Waals surface area contributed by atoms with Gasteiger partial charge in [0, 0.05) is 12.4 Å². The van der Waals surface area contributed by atoms with Gasteiger partial charge in [-0.3, -0.25) is 14.6 Å². The van der Waals surface area contributed by atoms with E-state index in [1.54, 1.807) is 42.6 Å². The highest BCUT2D eigenvalue weighted by atomic mass is 16.5. The molecule has 30 heavy (non-hydrogen) atoms. The molecule has 0 aliphatic heterocycles. The Labute approximate surface area is 176 Å². The predicted octanol–water partition coefficient (Wildman–Crippen LogP) is 1.49. The van der Waals surface area contributed by atoms with Crippen molar-refractivity contribution in [3.63, 3.8) is 0 Å². The first kappa shape index (κ1) is 23.4. The van der Waals surface area contributed by atoms with Crippen molar-refractivity contribution >= 4 is 18.9 Å². The standard InChI is InChI=1S/C21H28BN3O5/c1-14(2)10-19(22(28)29)25-20(26)12-18(15-6-4-8-17(11-15)30-3)24-21(27)16-7-5-9-23-13-16/h4-9,11,13-14,18-19,28-29H,10,12H2,1-3H3,(H,24,27)(H,25,26). The number of pyridine rings is 1. The second-order valence-electron chi connectivity index (χ2n) is 7.47. The van der Waals surface area contributed by atoms with Gasteiger partial charge >= 0.3 is 7.12 Å². The molecule has 1 heterocycles. The van der Waals surface area contributed by atoms with Crippen molar-refractivity contribution < 1.29 is 24.4 Å². The number of hydrogen-bond acceptors (Lipinski definition) is 6. The molecule has 0 aliphatic carbocycles. The van der Waals surface area contributed by atoms with Crippen LogP contribution in [0, 0.1) is 5.92 Å². The van der Waals surface area contributed by atoms with Crippen molar-refractivity contribution in [2.45, 2.75) is 38.7 Å². The highest BCUT2D eigenvalue weighted by molar-refractivity contribution is 6.43. The van der Waals surface area contributed by atoms with Gasteiger partial charge in [-0.1, -0.05) is 26.0 Å². The lowest BCUT2D eigenvalue weighted by Gasteiger charge is -2.23. The summed E-state index contributed by atoms with van der Waals surface area (Å²) in [5.74, 6) is -0.816. The molecule has 0 radical (unpaired) electrons. The van der Waals surface area contributed by atoms with Crippen LogP contribution in [0.1, 0.15) is 48.7 Å². The topological polar surface area (TPSA) is 121 Å². The molecule has 1 aromatic carbocycles. The molecule has 2 amide bonds. The average molecular weight is 413 g/mol. The molecule has 2 aromatic rings. The fourth-order valence-corrected chi connectivity index (χ4v) is 3.06. The van der Waals surface area contributed by atoms with Crippen LogP contribution in [0.5, 0.6) is 5.75 Å². The van der Waals surface area contributed by atoms with E-state index < -0.39 is 25.0 Å². The first-order chi connectivity index (χ1) is 14.3. The van der Waals surface area contributed by atoms with Gasteiger partial charge in [-0.15, -0.1) is 0 Å². The average Bonchev–Trinajstić information content (AvgIpc) is 2.73. The van der Waals surface area contributed by atoms with Crippen LogP contribution in [0.2, 0.25) is 0 Å². The Hall–Kier alpha value is -2.91. The quantitative estimate of drug-likeness (QED) is 0.438. The maximum atomic E-state index is 12.7. The zero-order valence-electron chi connectivity index (χ0n) is 17.4. The third-order valence-electron chi connectivity index (χ3n) is 4.55. The molecule has 0 bridgehead atoms. The molecular formula is C21H28BN3O5. The number of ether oxygens (including phenoxy) is 1. The number of nitrogens with one attached hydrogen (secondary N) is 2. The Balaban J connectivity index is 2.20. The van der Waals surface area contributed by atoms with Gasteiger partial charge in [0.25, 0.3) is 5.91 Å². The van der Waals surface area contributed by atoms with Crippen LogP contribution in [0.4, 0.5) is 0 Å². The highest BCUT2D eigenvalue weighted by Gasteiger charge is 2.28. The van der Waals surface area contributed by atoms with Gasteiger partial charge in [-0.25, -0.2) is 0 Å². The normalized spacial score (nSPS) is 12.7. The first-order valence-corrected chi connectivity index (χ1v) is 9.80. The van der Waals surface area contributed by atoms with Gasteiger partial charge in [0.2, 0.25) is 5.91 Å². The minimum atomic E-state index is -1.67. The van der Waals surface area contributed by atoms with Crippen LogP contribution < -0.4 is 15.4 Å². The molecule has 0 fully saturated rings. The molecule has 2 atom stereocenters. The maximum Gasteiger partial charge on any atom is 0.475 e. The van der Waals surface area contributed by atoms with Crippen LogP contribution in [0.15, 0.2) is 48.8 Å². The SMILES string of the molecule is COc1cccc(C(CC(=O)NC(CC(C)C)B(O)O)NC(=O)c2cccnc2)c1. The second kappa shape index (κ2) is 11.3. The molecule has 160 valence electrons. The molecule has 0 saturated carbocycles. The summed E-state index contributed by atoms with van der Waals surface area (Å²) >= 11 is 0. The van der Waals surface area contributed by atoms with Gasteiger partial charge < -0.3 is 25.4 Å². The molecule has 9 heteroatoms. The van der Waals surface area contributed by atoms with E-state index in [4.69, 9.17) is 4.74 Å². The summed E-state index contributed by atoms with van der Waals surface area (Å²) in [5.41, 5.74) is 1.06. The summed E-state index contributed by atoms with van der Waals surface area (Å²) in [6.07, 6.45) is 3.34. The Morgan fingerprint density at radius 3 is 2.53 bits per heavy atom. The van der Waals surface area contributed by atoms with E-state index in [0.29, 0.717) is 23.3 Å². The van der Waals surface area contributed by atoms with E-state index in [1.165, 1.54) is 13.3 Å². The summed E-state index contributed by atoms with van der Waals surface area (Å²) in [5, 5.41) is 24.7. The third-order valence-corrected chi connectivity index (χ3v) is 4.55. The van der Waals surface area contributed by atoms with Crippen molar-refractivity contribution in [3.05, 3.63) is 59.9 Å². The number of nitrogens with zero attached hydrogens (tertiary/aromatic N) is 1. The maximum absolute atomic E-state index is 12.7. The summed E-state index contributed by atoms with van der Waals surface area (Å²) < 4.78 is 5.25. The van der Waals surface area contributed by atoms with Crippen molar-refractivity contribution in [3.8, 4) is 5.75 Å². The van der Waals surface area contributed by atoms with Crippen LogP contribution >= 0.6 is 0 Å². The monoisotopic (exact) mass is 413 g/mol. The minimum Gasteiger partial charge on any atom is -0.497 e.